The van der Waals surface area contributed by atoms with E-state index in [4.69, 9.17) is 0 Å². The number of Topliss-reactive ketones (excluding diaryl/α,β-unsaturated/α-hetero) is 3. The SMILES string of the molecule is Cc1nc(C(C)(F)F)ccc1C(=O)C1C(=O)C2=CCC(C2)C1=O. The second-order valence-corrected chi connectivity index (χ2v) is 6.15. The van der Waals surface area contributed by atoms with Crippen molar-refractivity contribution < 1.29 is 23.2 Å². The molecule has 1 fully saturated rings. The number of hydrogen-bond donors (Lipinski definition) is 0. The van der Waals surface area contributed by atoms with Crippen LogP contribution in [0.4, 0.5) is 8.78 Å². The molecule has 2 bridgehead atoms. The summed E-state index contributed by atoms with van der Waals surface area (Å²) < 4.78 is 26.6. The summed E-state index contributed by atoms with van der Waals surface area (Å²) in [5, 5.41) is 0. The smallest absolute Gasteiger partial charge is 0.286 e. The highest BCUT2D eigenvalue weighted by Crippen LogP contribution is 2.37. The molecule has 2 aliphatic rings. The van der Waals surface area contributed by atoms with Gasteiger partial charge in [-0.1, -0.05) is 6.08 Å². The predicted molar refractivity (Wildman–Crippen MR) is 77.2 cm³/mol. The van der Waals surface area contributed by atoms with Gasteiger partial charge in [-0.05, 0) is 37.5 Å². The van der Waals surface area contributed by atoms with Gasteiger partial charge in [-0.15, -0.1) is 0 Å². The fraction of sp³-hybridized carbons (Fsp3) is 0.412. The lowest BCUT2D eigenvalue weighted by Gasteiger charge is -2.23. The van der Waals surface area contributed by atoms with Crippen molar-refractivity contribution in [1.82, 2.24) is 4.98 Å². The first-order valence-electron chi connectivity index (χ1n) is 7.37. The molecule has 2 aliphatic carbocycles. The molecule has 1 aromatic rings. The Hall–Kier alpha value is -2.24. The highest BCUT2D eigenvalue weighted by molar-refractivity contribution is 6.30. The van der Waals surface area contributed by atoms with Crippen LogP contribution in [0.15, 0.2) is 23.8 Å². The summed E-state index contributed by atoms with van der Waals surface area (Å²) in [7, 11) is 0. The van der Waals surface area contributed by atoms with Gasteiger partial charge < -0.3 is 0 Å². The minimum atomic E-state index is -3.12. The Labute approximate surface area is 131 Å². The number of halogens is 2. The molecule has 2 unspecified atom stereocenters. The van der Waals surface area contributed by atoms with Crippen LogP contribution in [0.1, 0.15) is 41.5 Å². The van der Waals surface area contributed by atoms with E-state index in [-0.39, 0.29) is 23.0 Å². The predicted octanol–water partition coefficient (Wildman–Crippen LogP) is 2.79. The lowest BCUT2D eigenvalue weighted by molar-refractivity contribution is -0.133. The molecule has 1 saturated carbocycles. The van der Waals surface area contributed by atoms with Crippen LogP contribution < -0.4 is 0 Å². The molecule has 1 heterocycles. The van der Waals surface area contributed by atoms with Crippen LogP contribution in [0.2, 0.25) is 0 Å². The van der Waals surface area contributed by atoms with E-state index in [0.29, 0.717) is 25.3 Å². The van der Waals surface area contributed by atoms with Crippen molar-refractivity contribution in [3.63, 3.8) is 0 Å². The van der Waals surface area contributed by atoms with Gasteiger partial charge in [-0.3, -0.25) is 19.4 Å². The number of rotatable bonds is 3. The Bertz CT molecular complexity index is 762. The number of hydrogen-bond acceptors (Lipinski definition) is 4. The van der Waals surface area contributed by atoms with Crippen molar-refractivity contribution in [3.05, 3.63) is 40.7 Å². The van der Waals surface area contributed by atoms with Crippen molar-refractivity contribution in [2.75, 3.05) is 0 Å². The first-order valence-corrected chi connectivity index (χ1v) is 7.37. The maximum atomic E-state index is 13.3. The zero-order chi connectivity index (χ0) is 16.9. The van der Waals surface area contributed by atoms with Gasteiger partial charge in [0, 0.05) is 24.1 Å². The van der Waals surface area contributed by atoms with Crippen molar-refractivity contribution in [3.8, 4) is 0 Å². The molecule has 0 aromatic carbocycles. The number of aromatic nitrogens is 1. The third-order valence-corrected chi connectivity index (χ3v) is 4.44. The number of fused-ring (bicyclic) bond motifs is 2. The van der Waals surface area contributed by atoms with Gasteiger partial charge in [-0.2, -0.15) is 8.78 Å². The highest BCUT2D eigenvalue weighted by atomic mass is 19.3. The average molecular weight is 319 g/mol. The van der Waals surface area contributed by atoms with Crippen LogP contribution in [0.5, 0.6) is 0 Å². The Morgan fingerprint density at radius 3 is 2.61 bits per heavy atom. The molecule has 0 amide bonds. The zero-order valence-electron chi connectivity index (χ0n) is 12.7. The van der Waals surface area contributed by atoms with Gasteiger partial charge >= 0.3 is 0 Å². The third-order valence-electron chi connectivity index (χ3n) is 4.44. The van der Waals surface area contributed by atoms with Gasteiger partial charge in [0.1, 0.15) is 11.6 Å². The normalized spacial score (nSPS) is 23.9. The molecule has 0 N–H and O–H groups in total. The summed E-state index contributed by atoms with van der Waals surface area (Å²) in [6.07, 6.45) is 2.60. The minimum Gasteiger partial charge on any atom is -0.298 e. The van der Waals surface area contributed by atoms with Crippen LogP contribution in [0, 0.1) is 18.8 Å². The second kappa shape index (κ2) is 5.15. The molecular weight excluding hydrogens is 304 g/mol. The lowest BCUT2D eigenvalue weighted by Crippen LogP contribution is -2.39. The van der Waals surface area contributed by atoms with Gasteiger partial charge in [0.25, 0.3) is 5.92 Å². The van der Waals surface area contributed by atoms with E-state index in [0.717, 1.165) is 6.07 Å². The Kier molecular flexibility index (Phi) is 3.50. The number of alkyl halides is 2. The number of allylic oxidation sites excluding steroid dienone is 2. The summed E-state index contributed by atoms with van der Waals surface area (Å²) in [5.74, 6) is -6.26. The molecule has 1 aromatic heterocycles. The number of ketones is 3. The van der Waals surface area contributed by atoms with Crippen LogP contribution in [-0.4, -0.2) is 22.3 Å². The van der Waals surface area contributed by atoms with E-state index in [9.17, 15) is 23.2 Å². The number of aryl methyl sites for hydroxylation is 1. The number of carbonyl (C=O) groups excluding carboxylic acids is 3. The molecule has 0 radical (unpaired) electrons. The third kappa shape index (κ3) is 2.52. The quantitative estimate of drug-likeness (QED) is 0.635. The minimum absolute atomic E-state index is 0.0478. The number of nitrogens with zero attached hydrogens (tertiary/aromatic N) is 1. The van der Waals surface area contributed by atoms with Crippen molar-refractivity contribution in [2.45, 2.75) is 32.6 Å². The molecule has 120 valence electrons. The van der Waals surface area contributed by atoms with E-state index in [1.54, 1.807) is 6.08 Å². The summed E-state index contributed by atoms with van der Waals surface area (Å²) in [6, 6.07) is 2.29. The fourth-order valence-electron chi connectivity index (χ4n) is 3.15. The lowest BCUT2D eigenvalue weighted by atomic mass is 9.76. The van der Waals surface area contributed by atoms with Gasteiger partial charge in [0.05, 0.1) is 0 Å². The van der Waals surface area contributed by atoms with E-state index < -0.39 is 29.1 Å². The summed E-state index contributed by atoms with van der Waals surface area (Å²) in [4.78, 5) is 41.0. The van der Waals surface area contributed by atoms with Gasteiger partial charge in [0.15, 0.2) is 17.3 Å². The van der Waals surface area contributed by atoms with E-state index in [1.165, 1.54) is 13.0 Å². The van der Waals surface area contributed by atoms with Crippen molar-refractivity contribution in [1.29, 1.82) is 0 Å². The van der Waals surface area contributed by atoms with Crippen molar-refractivity contribution >= 4 is 17.3 Å². The second-order valence-electron chi connectivity index (χ2n) is 6.15. The Morgan fingerprint density at radius 1 is 1.30 bits per heavy atom. The topological polar surface area (TPSA) is 64.1 Å². The summed E-state index contributed by atoms with van der Waals surface area (Å²) in [5.41, 5.74) is 0.221. The zero-order valence-corrected chi connectivity index (χ0v) is 12.7. The number of pyridine rings is 1. The van der Waals surface area contributed by atoms with Crippen molar-refractivity contribution in [2.24, 2.45) is 11.8 Å². The van der Waals surface area contributed by atoms with E-state index >= 15 is 0 Å². The first-order chi connectivity index (χ1) is 10.7. The Morgan fingerprint density at radius 2 is 2.00 bits per heavy atom. The number of carbonyl (C=O) groups is 3. The average Bonchev–Trinajstić information content (AvgIpc) is 2.91. The Balaban J connectivity index is 1.96. The molecule has 3 rings (SSSR count). The molecule has 6 heteroatoms. The molecule has 2 atom stereocenters. The fourth-order valence-corrected chi connectivity index (χ4v) is 3.15. The van der Waals surface area contributed by atoms with Crippen LogP contribution >= 0.6 is 0 Å². The maximum Gasteiger partial charge on any atom is 0.286 e. The monoisotopic (exact) mass is 319 g/mol. The first kappa shape index (κ1) is 15.6. The van der Waals surface area contributed by atoms with E-state index in [1.807, 2.05) is 0 Å². The highest BCUT2D eigenvalue weighted by Gasteiger charge is 2.46. The van der Waals surface area contributed by atoms with Crippen LogP contribution in [0.3, 0.4) is 0 Å². The maximum absolute atomic E-state index is 13.3. The molecular formula is C17H15F2NO3. The summed E-state index contributed by atoms with van der Waals surface area (Å²) >= 11 is 0. The summed E-state index contributed by atoms with van der Waals surface area (Å²) in [6.45, 7) is 2.14. The largest absolute Gasteiger partial charge is 0.298 e. The van der Waals surface area contributed by atoms with Gasteiger partial charge in [-0.25, -0.2) is 0 Å². The molecule has 0 spiro atoms. The van der Waals surface area contributed by atoms with Gasteiger partial charge in [0.2, 0.25) is 0 Å². The van der Waals surface area contributed by atoms with E-state index in [2.05, 4.69) is 4.98 Å². The van der Waals surface area contributed by atoms with Crippen LogP contribution in [0.25, 0.3) is 0 Å². The molecule has 4 nitrogen and oxygen atoms in total. The molecule has 23 heavy (non-hydrogen) atoms. The standard InChI is InChI=1S/C17H15F2NO3/c1-8-11(5-6-12(20-8)17(2,18)19)16(23)13-14(21)9-3-4-10(7-9)15(13)22/h3,5-6,10,13H,4,7H2,1-2H3. The molecule has 0 aliphatic heterocycles. The molecule has 0 saturated heterocycles. The van der Waals surface area contributed by atoms with Crippen LogP contribution in [-0.2, 0) is 15.5 Å².